The van der Waals surface area contributed by atoms with E-state index in [0.717, 1.165) is 56.0 Å². The van der Waals surface area contributed by atoms with Crippen molar-refractivity contribution in [3.63, 3.8) is 0 Å². The largest absolute Gasteiger partial charge is 0.495 e. The third kappa shape index (κ3) is 27.3. The molecule has 3 aliphatic heterocycles. The number of morpholine rings is 1. The Hall–Kier alpha value is -14.8. The molecule has 2 saturated heterocycles. The standard InChI is InChI=1S/C26H25Cl2N5O3.C25H23Cl2N5O4.C24H21Cl2N5O3.C23H22ClN5O3/c1-36-21-14-19(28)13-20(26(35)31-22-10-9-18(27)15-30-22)23(21)32-25(34)17-7-5-16(6-8-17)24(29)33-11-3-2-4-12-33;1-35-20-13-18(27)12-19(25(34)30-21-7-6-17(26)14-29-21)22(20)31-24(33)16-4-2-15(3-5-16)23(28)32-8-10-36-11-9-32;1-31-10-9-27-22(31)14-3-5-15(6-4-14)23(32)30-21-18(11-17(26)12-19(21)34-2)24(33)29-20-8-7-16(25)13-28-20;1-29(2)21(25)14-7-9-15(10-8-14)22(30)28-20-17(5-4-6-18(20)32-3)23(31)27-19-12-11-16(24)13-26-19/h5-10,13-15,29H,2-4,11-12H2,1H3,(H,32,34)(H,30,31,35);2-7,12-14,28H,8-11H2,1H3,(H,31,33)(H,29,30,34);3-8,11-13H,9-10H2,1-2H3,(H,30,32)(H,28,29,33);4-13,25H,1-3H3,(H,28,30)(H,26,27,31). The Morgan fingerprint density at radius 2 is 0.652 bits per heavy atom. The van der Waals surface area contributed by atoms with Gasteiger partial charge in [0.25, 0.3) is 47.3 Å². The minimum Gasteiger partial charge on any atom is -0.495 e. The first-order chi connectivity index (χ1) is 66.3. The molecule has 0 saturated carbocycles. The summed E-state index contributed by atoms with van der Waals surface area (Å²) in [4.78, 5) is 133. The summed E-state index contributed by atoms with van der Waals surface area (Å²) in [6.07, 6.45) is 8.99. The number of para-hydroxylation sites is 1. The maximum absolute atomic E-state index is 13.1. The van der Waals surface area contributed by atoms with Gasteiger partial charge in [-0.05, 0) is 147 Å². The average molecular weight is 2010 g/mol. The first-order valence-corrected chi connectivity index (χ1v) is 45.0. The number of hydrogen-bond acceptors (Lipinski definition) is 22. The second-order valence-electron chi connectivity index (χ2n) is 30.6. The zero-order valence-electron chi connectivity index (χ0n) is 75.1. The van der Waals surface area contributed by atoms with Crippen LogP contribution in [-0.2, 0) is 4.74 Å². The number of carbonyl (C=O) groups excluding carboxylic acids is 8. The Bertz CT molecular complexity index is 6320. The Morgan fingerprint density at radius 1 is 0.341 bits per heavy atom. The number of nitrogens with one attached hydrogen (secondary N) is 11. The fourth-order valence-corrected chi connectivity index (χ4v) is 15.0. The van der Waals surface area contributed by atoms with Gasteiger partial charge in [0, 0.05) is 156 Å². The lowest BCUT2D eigenvalue weighted by Gasteiger charge is -2.29. The van der Waals surface area contributed by atoms with Crippen molar-refractivity contribution >= 4 is 198 Å². The maximum Gasteiger partial charge on any atom is 0.259 e. The van der Waals surface area contributed by atoms with Crippen LogP contribution in [0.15, 0.2) is 230 Å². The Morgan fingerprint density at radius 3 is 0.964 bits per heavy atom. The molecule has 0 spiro atoms. The van der Waals surface area contributed by atoms with Gasteiger partial charge in [0.1, 0.15) is 69.6 Å². The summed E-state index contributed by atoms with van der Waals surface area (Å²) in [6.45, 7) is 5.81. The van der Waals surface area contributed by atoms with E-state index in [4.69, 9.17) is 121 Å². The number of methoxy groups -OCH3 is 4. The number of aromatic nitrogens is 4. The number of piperidine rings is 1. The Balaban J connectivity index is 0.000000165. The molecule has 0 aliphatic carbocycles. The van der Waals surface area contributed by atoms with Gasteiger partial charge in [0.05, 0.1) is 113 Å². The van der Waals surface area contributed by atoms with Crippen LogP contribution < -0.4 is 61.5 Å². The van der Waals surface area contributed by atoms with Crippen LogP contribution in [0, 0.1) is 16.2 Å². The molecule has 40 heteroatoms. The Kier molecular flexibility index (Phi) is 36.0. The fourth-order valence-electron chi connectivity index (χ4n) is 13.9. The minimum absolute atomic E-state index is 0.0927. The van der Waals surface area contributed by atoms with E-state index in [1.807, 2.05) is 24.1 Å². The Labute approximate surface area is 828 Å². The van der Waals surface area contributed by atoms with Gasteiger partial charge < -0.3 is 85.8 Å². The van der Waals surface area contributed by atoms with Crippen LogP contribution in [-0.4, -0.2) is 212 Å². The lowest BCUT2D eigenvalue weighted by molar-refractivity contribution is 0.0680. The third-order valence-electron chi connectivity index (χ3n) is 21.1. The predicted octanol–water partition coefficient (Wildman–Crippen LogP) is 19.0. The van der Waals surface area contributed by atoms with Crippen LogP contribution >= 0.6 is 81.2 Å². The number of anilines is 8. The van der Waals surface area contributed by atoms with Gasteiger partial charge in [0.2, 0.25) is 0 Å². The number of carbonyl (C=O) groups is 8. The predicted molar refractivity (Wildman–Crippen MR) is 539 cm³/mol. The van der Waals surface area contributed by atoms with Gasteiger partial charge in [-0.25, -0.2) is 19.9 Å². The van der Waals surface area contributed by atoms with Crippen LogP contribution in [0.2, 0.25) is 35.2 Å². The molecule has 8 amide bonds. The van der Waals surface area contributed by atoms with Crippen LogP contribution in [0.4, 0.5) is 46.0 Å². The van der Waals surface area contributed by atoms with Crippen LogP contribution in [0.25, 0.3) is 0 Å². The average Bonchev–Trinajstić information content (AvgIpc) is 0.925. The molecule has 0 atom stereocenters. The highest BCUT2D eigenvalue weighted by Gasteiger charge is 2.29. The summed E-state index contributed by atoms with van der Waals surface area (Å²) in [6, 6.07) is 53.6. The monoisotopic (exact) mass is 2000 g/mol. The van der Waals surface area contributed by atoms with Gasteiger partial charge >= 0.3 is 0 Å². The molecule has 710 valence electrons. The number of ether oxygens (including phenoxy) is 5. The van der Waals surface area contributed by atoms with Crippen molar-refractivity contribution in [3.05, 3.63) is 327 Å². The molecule has 4 aromatic heterocycles. The van der Waals surface area contributed by atoms with Crippen LogP contribution in [0.3, 0.4) is 0 Å². The lowest BCUT2D eigenvalue weighted by Crippen LogP contribution is -2.40. The zero-order chi connectivity index (χ0) is 98.8. The number of halogens is 7. The molecule has 11 N–H and O–H groups in total. The molecule has 0 bridgehead atoms. The van der Waals surface area contributed by atoms with E-state index in [1.165, 1.54) is 96.0 Å². The van der Waals surface area contributed by atoms with Gasteiger partial charge in [-0.2, -0.15) is 0 Å². The first kappa shape index (κ1) is 102. The molecule has 8 aromatic carbocycles. The second-order valence-corrected chi connectivity index (χ2v) is 33.6. The highest BCUT2D eigenvalue weighted by Crippen LogP contribution is 2.39. The number of nitrogens with zero attached hydrogens (tertiary/aromatic N) is 9. The maximum atomic E-state index is 13.1. The molecule has 12 aromatic rings. The van der Waals surface area contributed by atoms with E-state index in [9.17, 15) is 38.4 Å². The third-order valence-corrected chi connectivity index (χ3v) is 22.6. The summed E-state index contributed by atoms with van der Waals surface area (Å²) in [5, 5.41) is 49.2. The van der Waals surface area contributed by atoms with Crippen LogP contribution in [0.5, 0.6) is 23.0 Å². The molecule has 2 fully saturated rings. The lowest BCUT2D eigenvalue weighted by atomic mass is 10.1. The topological polar surface area (TPSA) is 427 Å². The van der Waals surface area contributed by atoms with Crippen molar-refractivity contribution in [3.8, 4) is 23.0 Å². The number of aliphatic imine (C=N–C) groups is 1. The van der Waals surface area contributed by atoms with Gasteiger partial charge in [-0.15, -0.1) is 0 Å². The number of likely N-dealkylation sites (N-methyl/N-ethyl adjacent to an activating group) is 1. The van der Waals surface area contributed by atoms with Gasteiger partial charge in [-0.3, -0.25) is 59.6 Å². The number of rotatable bonds is 24. The van der Waals surface area contributed by atoms with E-state index in [0.29, 0.717) is 115 Å². The highest BCUT2D eigenvalue weighted by molar-refractivity contribution is 6.34. The number of likely N-dealkylation sites (tertiary alicyclic amines) is 1. The second kappa shape index (κ2) is 48.6. The fraction of sp³-hybridized carbons (Fsp3) is 0.184. The van der Waals surface area contributed by atoms with Gasteiger partial charge in [-0.1, -0.05) is 136 Å². The number of benzene rings is 8. The summed E-state index contributed by atoms with van der Waals surface area (Å²) in [5.74, 6) is 0.444. The molecule has 138 heavy (non-hydrogen) atoms. The SMILES string of the molecule is COc1cc(Cl)cc(C(=O)Nc2ccc(Cl)cn2)c1NC(=O)c1ccc(C(=N)N2CCCCC2)cc1.COc1cc(Cl)cc(C(=O)Nc2ccc(Cl)cn2)c1NC(=O)c1ccc(C(=N)N2CCOCC2)cc1.COc1cc(Cl)cc(C(=O)Nc2ccc(Cl)cn2)c1NC(=O)c1ccc(C2=NCCN2C)cc1.COc1cccc(C(=O)Nc2ccc(Cl)cn2)c1NC(=O)c1ccc(C(=N)N(C)C)cc1. The van der Waals surface area contributed by atoms with Gasteiger partial charge in [0.15, 0.2) is 0 Å². The van der Waals surface area contributed by atoms with E-state index in [2.05, 4.69) is 77.3 Å². The number of pyridine rings is 4. The highest BCUT2D eigenvalue weighted by atomic mass is 35.5. The van der Waals surface area contributed by atoms with Crippen molar-refractivity contribution in [1.29, 1.82) is 16.2 Å². The van der Waals surface area contributed by atoms with Crippen molar-refractivity contribution in [2.24, 2.45) is 4.99 Å². The van der Waals surface area contributed by atoms with E-state index in [1.54, 1.807) is 171 Å². The van der Waals surface area contributed by atoms with Crippen molar-refractivity contribution < 1.29 is 62.0 Å². The van der Waals surface area contributed by atoms with Crippen LogP contribution in [0.1, 0.15) is 124 Å². The van der Waals surface area contributed by atoms with E-state index >= 15 is 0 Å². The van der Waals surface area contributed by atoms with E-state index < -0.39 is 47.3 Å². The first-order valence-electron chi connectivity index (χ1n) is 42.3. The molecule has 0 radical (unpaired) electrons. The molecule has 3 aliphatic rings. The molecular formula is C98H91Cl7N20O13. The number of amides is 8. The quantitative estimate of drug-likeness (QED) is 0.0198. The number of amidine groups is 4. The smallest absolute Gasteiger partial charge is 0.259 e. The summed E-state index contributed by atoms with van der Waals surface area (Å²) in [5.41, 5.74) is 5.80. The van der Waals surface area contributed by atoms with E-state index in [-0.39, 0.29) is 89.0 Å². The molecule has 33 nitrogen and oxygen atoms in total. The normalized spacial score (nSPS) is 12.4. The van der Waals surface area contributed by atoms with Crippen molar-refractivity contribution in [2.75, 3.05) is 145 Å². The zero-order valence-corrected chi connectivity index (χ0v) is 80.4. The minimum atomic E-state index is -0.546. The summed E-state index contributed by atoms with van der Waals surface area (Å²) < 4.78 is 26.8. The summed E-state index contributed by atoms with van der Waals surface area (Å²) >= 11 is 42.0. The molecular weight excluding hydrogens is 1910 g/mol. The summed E-state index contributed by atoms with van der Waals surface area (Å²) in [7, 11) is 11.2. The van der Waals surface area contributed by atoms with Crippen molar-refractivity contribution in [1.82, 2.24) is 39.5 Å². The molecule has 0 unspecified atom stereocenters. The number of hydrogen-bond donors (Lipinski definition) is 11. The van der Waals surface area contributed by atoms with Crippen molar-refractivity contribution in [2.45, 2.75) is 19.3 Å². The molecule has 15 rings (SSSR count). The molecule has 7 heterocycles.